The van der Waals surface area contributed by atoms with Gasteiger partial charge in [0.1, 0.15) is 0 Å². The van der Waals surface area contributed by atoms with Gasteiger partial charge >= 0.3 is 0 Å². The maximum absolute atomic E-state index is 12.8. The zero-order chi connectivity index (χ0) is 19.7. The largest absolute Gasteiger partial charge is 0.378 e. The summed E-state index contributed by atoms with van der Waals surface area (Å²) in [5.41, 5.74) is 6.02. The van der Waals surface area contributed by atoms with Gasteiger partial charge in [-0.05, 0) is 56.2 Å². The summed E-state index contributed by atoms with van der Waals surface area (Å²) in [5, 5.41) is 3.04. The van der Waals surface area contributed by atoms with Crippen molar-refractivity contribution in [2.75, 3.05) is 35.8 Å². The van der Waals surface area contributed by atoms with Gasteiger partial charge in [0.05, 0.1) is 5.92 Å². The number of nitrogens with zero attached hydrogens (tertiary/aromatic N) is 2. The van der Waals surface area contributed by atoms with E-state index in [-0.39, 0.29) is 24.2 Å². The van der Waals surface area contributed by atoms with Gasteiger partial charge in [-0.2, -0.15) is 0 Å². The van der Waals surface area contributed by atoms with Crippen molar-refractivity contribution in [3.8, 4) is 0 Å². The molecule has 27 heavy (non-hydrogen) atoms. The highest BCUT2D eigenvalue weighted by Crippen LogP contribution is 2.29. The summed E-state index contributed by atoms with van der Waals surface area (Å²) in [6.07, 6.45) is 0.241. The summed E-state index contributed by atoms with van der Waals surface area (Å²) >= 11 is 0. The van der Waals surface area contributed by atoms with E-state index < -0.39 is 0 Å². The van der Waals surface area contributed by atoms with Crippen LogP contribution in [0.5, 0.6) is 0 Å². The Morgan fingerprint density at radius 2 is 1.67 bits per heavy atom. The predicted molar refractivity (Wildman–Crippen MR) is 111 cm³/mol. The number of rotatable bonds is 4. The van der Waals surface area contributed by atoms with Crippen molar-refractivity contribution in [2.24, 2.45) is 5.92 Å². The second kappa shape index (κ2) is 7.43. The molecular weight excluding hydrogens is 338 g/mol. The Hall–Kier alpha value is -2.82. The van der Waals surface area contributed by atoms with Crippen molar-refractivity contribution in [1.82, 2.24) is 0 Å². The van der Waals surface area contributed by atoms with E-state index in [0.29, 0.717) is 6.54 Å². The summed E-state index contributed by atoms with van der Waals surface area (Å²) in [6.45, 7) is 6.44. The Balaban J connectivity index is 1.72. The molecule has 2 amide bonds. The Kier molecular flexibility index (Phi) is 5.22. The van der Waals surface area contributed by atoms with Crippen LogP contribution in [0.2, 0.25) is 0 Å². The van der Waals surface area contributed by atoms with Gasteiger partial charge in [-0.15, -0.1) is 0 Å². The van der Waals surface area contributed by atoms with Gasteiger partial charge in [-0.1, -0.05) is 17.7 Å². The van der Waals surface area contributed by atoms with Crippen LogP contribution in [0.15, 0.2) is 36.4 Å². The van der Waals surface area contributed by atoms with Gasteiger partial charge in [0.2, 0.25) is 11.8 Å². The highest BCUT2D eigenvalue weighted by Gasteiger charge is 2.35. The highest BCUT2D eigenvalue weighted by molar-refractivity contribution is 6.04. The van der Waals surface area contributed by atoms with Gasteiger partial charge in [0.25, 0.3) is 0 Å². The lowest BCUT2D eigenvalue weighted by Gasteiger charge is -2.19. The lowest BCUT2D eigenvalue weighted by molar-refractivity contribution is -0.122. The van der Waals surface area contributed by atoms with Crippen LogP contribution in [0, 0.1) is 26.7 Å². The Morgan fingerprint density at radius 3 is 2.22 bits per heavy atom. The maximum atomic E-state index is 12.8. The van der Waals surface area contributed by atoms with Crippen molar-refractivity contribution in [3.63, 3.8) is 0 Å². The lowest BCUT2D eigenvalue weighted by Crippen LogP contribution is -2.28. The first-order valence-electron chi connectivity index (χ1n) is 9.22. The first-order chi connectivity index (χ1) is 12.8. The number of hydrogen-bond donors (Lipinski definition) is 1. The molecule has 2 aromatic carbocycles. The standard InChI is InChI=1S/C22H27N3O2/c1-14-10-15(2)21(16(3)11-14)23-22(27)17-12-20(26)25(13-17)19-8-6-18(7-9-19)24(4)5/h6-11,17H,12-13H2,1-5H3,(H,23,27). The van der Waals surface area contributed by atoms with Gasteiger partial charge in [-0.25, -0.2) is 0 Å². The van der Waals surface area contributed by atoms with Crippen molar-refractivity contribution < 1.29 is 9.59 Å². The van der Waals surface area contributed by atoms with Crippen LogP contribution < -0.4 is 15.1 Å². The summed E-state index contributed by atoms with van der Waals surface area (Å²) in [6, 6.07) is 11.9. The van der Waals surface area contributed by atoms with Crippen molar-refractivity contribution >= 4 is 28.9 Å². The molecule has 1 heterocycles. The summed E-state index contributed by atoms with van der Waals surface area (Å²) in [4.78, 5) is 29.0. The molecule has 1 N–H and O–H groups in total. The number of anilines is 3. The summed E-state index contributed by atoms with van der Waals surface area (Å²) in [7, 11) is 3.96. The third-order valence-corrected chi connectivity index (χ3v) is 5.10. The van der Waals surface area contributed by atoms with Gasteiger partial charge < -0.3 is 15.1 Å². The van der Waals surface area contributed by atoms with Gasteiger partial charge in [-0.3, -0.25) is 9.59 Å². The highest BCUT2D eigenvalue weighted by atomic mass is 16.2. The fraction of sp³-hybridized carbons (Fsp3) is 0.364. The Morgan fingerprint density at radius 1 is 1.07 bits per heavy atom. The number of benzene rings is 2. The van der Waals surface area contributed by atoms with E-state index in [4.69, 9.17) is 0 Å². The third kappa shape index (κ3) is 3.97. The van der Waals surface area contributed by atoms with Crippen LogP contribution >= 0.6 is 0 Å². The Labute approximate surface area is 161 Å². The quantitative estimate of drug-likeness (QED) is 0.899. The number of carbonyl (C=O) groups is 2. The minimum atomic E-state index is -0.342. The lowest BCUT2D eigenvalue weighted by atomic mass is 10.0. The summed E-state index contributed by atoms with van der Waals surface area (Å²) < 4.78 is 0. The normalized spacial score (nSPS) is 16.6. The van der Waals surface area contributed by atoms with E-state index in [1.807, 2.05) is 64.0 Å². The van der Waals surface area contributed by atoms with E-state index in [1.165, 1.54) is 5.56 Å². The first-order valence-corrected chi connectivity index (χ1v) is 9.22. The molecule has 142 valence electrons. The SMILES string of the molecule is Cc1cc(C)c(NC(=O)C2CC(=O)N(c3ccc(N(C)C)cc3)C2)c(C)c1. The minimum absolute atomic E-state index is 0.00916. The molecule has 1 unspecified atom stereocenters. The molecule has 1 aliphatic heterocycles. The average molecular weight is 365 g/mol. The smallest absolute Gasteiger partial charge is 0.229 e. The molecular formula is C22H27N3O2. The molecule has 0 bridgehead atoms. The monoisotopic (exact) mass is 365 g/mol. The molecule has 5 nitrogen and oxygen atoms in total. The van der Waals surface area contributed by atoms with E-state index in [2.05, 4.69) is 17.4 Å². The van der Waals surface area contributed by atoms with Crippen LogP contribution in [0.1, 0.15) is 23.1 Å². The van der Waals surface area contributed by atoms with Crippen molar-refractivity contribution in [1.29, 1.82) is 0 Å². The second-order valence-corrected chi connectivity index (χ2v) is 7.58. The molecule has 0 spiro atoms. The van der Waals surface area contributed by atoms with E-state index >= 15 is 0 Å². The van der Waals surface area contributed by atoms with Gasteiger partial charge in [0, 0.05) is 44.1 Å². The molecule has 0 aliphatic carbocycles. The van der Waals surface area contributed by atoms with Crippen LogP contribution in [0.3, 0.4) is 0 Å². The Bertz CT molecular complexity index is 849. The van der Waals surface area contributed by atoms with Crippen LogP contribution in [0.25, 0.3) is 0 Å². The molecule has 1 atom stereocenters. The van der Waals surface area contributed by atoms with Crippen LogP contribution in [-0.2, 0) is 9.59 Å². The molecule has 3 rings (SSSR count). The predicted octanol–water partition coefficient (Wildman–Crippen LogP) is 3.67. The van der Waals surface area contributed by atoms with Crippen molar-refractivity contribution in [3.05, 3.63) is 53.1 Å². The number of hydrogen-bond acceptors (Lipinski definition) is 3. The maximum Gasteiger partial charge on any atom is 0.229 e. The number of nitrogens with one attached hydrogen (secondary N) is 1. The van der Waals surface area contributed by atoms with E-state index in [1.54, 1.807) is 4.90 Å². The number of carbonyl (C=O) groups excluding carboxylic acids is 2. The fourth-order valence-electron chi connectivity index (χ4n) is 3.67. The number of amides is 2. The zero-order valence-electron chi connectivity index (χ0n) is 16.7. The van der Waals surface area contributed by atoms with E-state index in [0.717, 1.165) is 28.2 Å². The second-order valence-electron chi connectivity index (χ2n) is 7.58. The fourth-order valence-corrected chi connectivity index (χ4v) is 3.67. The first kappa shape index (κ1) is 19.0. The third-order valence-electron chi connectivity index (χ3n) is 5.10. The molecule has 1 saturated heterocycles. The van der Waals surface area contributed by atoms with Gasteiger partial charge in [0.15, 0.2) is 0 Å². The summed E-state index contributed by atoms with van der Waals surface area (Å²) in [5.74, 6) is -0.443. The molecule has 1 aliphatic rings. The average Bonchev–Trinajstić information content (AvgIpc) is 3.00. The zero-order valence-corrected chi connectivity index (χ0v) is 16.7. The van der Waals surface area contributed by atoms with Crippen molar-refractivity contribution in [2.45, 2.75) is 27.2 Å². The van der Waals surface area contributed by atoms with Crippen LogP contribution in [-0.4, -0.2) is 32.5 Å². The number of aryl methyl sites for hydroxylation is 3. The molecule has 2 aromatic rings. The molecule has 0 aromatic heterocycles. The molecule has 5 heteroatoms. The minimum Gasteiger partial charge on any atom is -0.378 e. The van der Waals surface area contributed by atoms with E-state index in [9.17, 15) is 9.59 Å². The topological polar surface area (TPSA) is 52.7 Å². The van der Waals surface area contributed by atoms with Crippen LogP contribution in [0.4, 0.5) is 17.1 Å². The molecule has 0 saturated carbocycles. The molecule has 1 fully saturated rings. The molecule has 0 radical (unpaired) electrons.